The number of pyridine rings is 1. The molecule has 2 N–H and O–H groups in total. The highest BCUT2D eigenvalue weighted by Gasteiger charge is 2.28. The number of rotatable bonds is 4. The number of halogens is 1. The van der Waals surface area contributed by atoms with Crippen LogP contribution < -0.4 is 5.32 Å². The first kappa shape index (κ1) is 12.5. The van der Waals surface area contributed by atoms with Crippen LogP contribution in [0.4, 0.5) is 4.39 Å². The summed E-state index contributed by atoms with van der Waals surface area (Å²) in [4.78, 5) is 3.79. The molecule has 1 aromatic heterocycles. The largest absolute Gasteiger partial charge is 0.389 e. The lowest BCUT2D eigenvalue weighted by molar-refractivity contribution is 0.00467. The Morgan fingerprint density at radius 1 is 1.29 bits per heavy atom. The van der Waals surface area contributed by atoms with E-state index in [0.29, 0.717) is 13.1 Å². The summed E-state index contributed by atoms with van der Waals surface area (Å²) < 4.78 is 12.9. The molecule has 0 atom stereocenters. The van der Waals surface area contributed by atoms with Crippen molar-refractivity contribution in [3.63, 3.8) is 0 Å². The van der Waals surface area contributed by atoms with Gasteiger partial charge in [0.25, 0.3) is 0 Å². The Hall–Kier alpha value is -1.00. The van der Waals surface area contributed by atoms with Crippen LogP contribution in [0.25, 0.3) is 0 Å². The van der Waals surface area contributed by atoms with Crippen LogP contribution in [0, 0.1) is 5.82 Å². The van der Waals surface area contributed by atoms with Crippen LogP contribution in [0.5, 0.6) is 0 Å². The van der Waals surface area contributed by atoms with Crippen LogP contribution >= 0.6 is 0 Å². The Bertz CT molecular complexity index is 364. The van der Waals surface area contributed by atoms with Crippen LogP contribution in [0.2, 0.25) is 0 Å². The van der Waals surface area contributed by atoms with Crippen molar-refractivity contribution in [1.82, 2.24) is 10.3 Å². The van der Waals surface area contributed by atoms with Crippen molar-refractivity contribution < 1.29 is 9.50 Å². The van der Waals surface area contributed by atoms with E-state index in [-0.39, 0.29) is 5.82 Å². The molecule has 4 heteroatoms. The van der Waals surface area contributed by atoms with Gasteiger partial charge >= 0.3 is 0 Å². The minimum absolute atomic E-state index is 0.319. The van der Waals surface area contributed by atoms with Gasteiger partial charge in [0.15, 0.2) is 0 Å². The summed E-state index contributed by atoms with van der Waals surface area (Å²) in [6.07, 6.45) is 7.97. The normalized spacial score (nSPS) is 19.2. The molecular formula is C13H19FN2O. The molecule has 17 heavy (non-hydrogen) atoms. The summed E-state index contributed by atoms with van der Waals surface area (Å²) in [5.74, 6) is -0.319. The van der Waals surface area contributed by atoms with E-state index in [9.17, 15) is 9.50 Å². The summed E-state index contributed by atoms with van der Waals surface area (Å²) in [5.41, 5.74) is 0.239. The van der Waals surface area contributed by atoms with Gasteiger partial charge in [0.1, 0.15) is 5.82 Å². The summed E-state index contributed by atoms with van der Waals surface area (Å²) >= 11 is 0. The van der Waals surface area contributed by atoms with Crippen molar-refractivity contribution in [1.29, 1.82) is 0 Å². The van der Waals surface area contributed by atoms with Gasteiger partial charge in [-0.25, -0.2) is 4.39 Å². The number of hydrogen-bond acceptors (Lipinski definition) is 3. The number of nitrogens with one attached hydrogen (secondary N) is 1. The van der Waals surface area contributed by atoms with Crippen molar-refractivity contribution in [2.24, 2.45) is 0 Å². The average molecular weight is 238 g/mol. The highest BCUT2D eigenvalue weighted by atomic mass is 19.1. The molecule has 0 radical (unpaired) electrons. The molecule has 1 aromatic rings. The zero-order chi connectivity index (χ0) is 12.1. The molecule has 0 aromatic carbocycles. The molecule has 0 spiro atoms. The third kappa shape index (κ3) is 3.75. The molecule has 1 aliphatic carbocycles. The molecular weight excluding hydrogens is 219 g/mol. The Labute approximate surface area is 101 Å². The van der Waals surface area contributed by atoms with Gasteiger partial charge in [-0.15, -0.1) is 0 Å². The number of hydrogen-bond donors (Lipinski definition) is 2. The average Bonchev–Trinajstić information content (AvgIpc) is 2.30. The zero-order valence-corrected chi connectivity index (χ0v) is 9.95. The van der Waals surface area contributed by atoms with Gasteiger partial charge in [0.05, 0.1) is 11.8 Å². The molecule has 0 amide bonds. The molecule has 1 aliphatic rings. The van der Waals surface area contributed by atoms with Gasteiger partial charge in [0, 0.05) is 19.3 Å². The third-order valence-electron chi connectivity index (χ3n) is 3.33. The standard InChI is InChI=1S/C13H19FN2O/c14-12-6-11(7-15-9-12)8-16-10-13(17)4-2-1-3-5-13/h6-7,9,16-17H,1-5,8,10H2. The molecule has 0 saturated heterocycles. The van der Waals surface area contributed by atoms with Crippen molar-refractivity contribution in [2.75, 3.05) is 6.54 Å². The number of aromatic nitrogens is 1. The zero-order valence-electron chi connectivity index (χ0n) is 9.95. The van der Waals surface area contributed by atoms with E-state index in [1.807, 2.05) is 0 Å². The third-order valence-corrected chi connectivity index (χ3v) is 3.33. The van der Waals surface area contributed by atoms with Crippen LogP contribution in [0.3, 0.4) is 0 Å². The number of aliphatic hydroxyl groups is 1. The second kappa shape index (κ2) is 5.56. The van der Waals surface area contributed by atoms with Crippen molar-refractivity contribution in [3.05, 3.63) is 29.8 Å². The van der Waals surface area contributed by atoms with Gasteiger partial charge in [-0.2, -0.15) is 0 Å². The topological polar surface area (TPSA) is 45.1 Å². The SMILES string of the molecule is OC1(CNCc2cncc(F)c2)CCCCC1. The molecule has 3 nitrogen and oxygen atoms in total. The van der Waals surface area contributed by atoms with Crippen molar-refractivity contribution in [2.45, 2.75) is 44.2 Å². The van der Waals surface area contributed by atoms with E-state index in [1.54, 1.807) is 6.20 Å². The maximum absolute atomic E-state index is 12.9. The first-order valence-electron chi connectivity index (χ1n) is 6.21. The minimum Gasteiger partial charge on any atom is -0.389 e. The maximum Gasteiger partial charge on any atom is 0.141 e. The molecule has 0 unspecified atom stereocenters. The van der Waals surface area contributed by atoms with Crippen molar-refractivity contribution in [3.8, 4) is 0 Å². The van der Waals surface area contributed by atoms with Crippen LogP contribution in [-0.2, 0) is 6.54 Å². The first-order chi connectivity index (χ1) is 8.18. The van der Waals surface area contributed by atoms with Gasteiger partial charge < -0.3 is 10.4 Å². The van der Waals surface area contributed by atoms with E-state index in [4.69, 9.17) is 0 Å². The first-order valence-corrected chi connectivity index (χ1v) is 6.21. The predicted octanol–water partition coefficient (Wildman–Crippen LogP) is 2.01. The van der Waals surface area contributed by atoms with E-state index in [0.717, 1.165) is 31.2 Å². The van der Waals surface area contributed by atoms with Gasteiger partial charge in [-0.3, -0.25) is 4.98 Å². The summed E-state index contributed by atoms with van der Waals surface area (Å²) in [7, 11) is 0. The fraction of sp³-hybridized carbons (Fsp3) is 0.615. The molecule has 1 fully saturated rings. The second-order valence-corrected chi connectivity index (χ2v) is 4.90. The lowest BCUT2D eigenvalue weighted by Crippen LogP contribution is -2.41. The fourth-order valence-electron chi connectivity index (χ4n) is 2.38. The van der Waals surface area contributed by atoms with Crippen LogP contribution in [-0.4, -0.2) is 22.2 Å². The molecule has 0 aliphatic heterocycles. The second-order valence-electron chi connectivity index (χ2n) is 4.90. The molecule has 2 rings (SSSR count). The molecule has 0 bridgehead atoms. The fourth-order valence-corrected chi connectivity index (χ4v) is 2.38. The Balaban J connectivity index is 1.79. The quantitative estimate of drug-likeness (QED) is 0.843. The Kier molecular flexibility index (Phi) is 4.07. The van der Waals surface area contributed by atoms with Crippen LogP contribution in [0.15, 0.2) is 18.5 Å². The van der Waals surface area contributed by atoms with E-state index < -0.39 is 5.60 Å². The molecule has 1 heterocycles. The maximum atomic E-state index is 12.9. The Morgan fingerprint density at radius 3 is 2.76 bits per heavy atom. The summed E-state index contributed by atoms with van der Waals surface area (Å²) in [6.45, 7) is 1.12. The molecule has 1 saturated carbocycles. The predicted molar refractivity (Wildman–Crippen MR) is 63.9 cm³/mol. The lowest BCUT2D eigenvalue weighted by atomic mass is 9.85. The minimum atomic E-state index is -0.570. The summed E-state index contributed by atoms with van der Waals surface area (Å²) in [5, 5.41) is 13.4. The number of nitrogens with zero attached hydrogens (tertiary/aromatic N) is 1. The smallest absolute Gasteiger partial charge is 0.141 e. The van der Waals surface area contributed by atoms with E-state index in [2.05, 4.69) is 10.3 Å². The van der Waals surface area contributed by atoms with E-state index in [1.165, 1.54) is 18.7 Å². The highest BCUT2D eigenvalue weighted by molar-refractivity contribution is 5.09. The summed E-state index contributed by atoms with van der Waals surface area (Å²) in [6, 6.07) is 1.46. The highest BCUT2D eigenvalue weighted by Crippen LogP contribution is 2.27. The van der Waals surface area contributed by atoms with Gasteiger partial charge in [-0.05, 0) is 24.5 Å². The monoisotopic (exact) mass is 238 g/mol. The van der Waals surface area contributed by atoms with Gasteiger partial charge in [0.2, 0.25) is 0 Å². The Morgan fingerprint density at radius 2 is 2.06 bits per heavy atom. The van der Waals surface area contributed by atoms with E-state index >= 15 is 0 Å². The lowest BCUT2D eigenvalue weighted by Gasteiger charge is -2.32. The van der Waals surface area contributed by atoms with Gasteiger partial charge in [-0.1, -0.05) is 19.3 Å². The van der Waals surface area contributed by atoms with Crippen LogP contribution in [0.1, 0.15) is 37.7 Å². The molecule has 94 valence electrons. The van der Waals surface area contributed by atoms with Crippen molar-refractivity contribution >= 4 is 0 Å².